The molecule has 0 spiro atoms. The van der Waals surface area contributed by atoms with E-state index in [2.05, 4.69) is 10.3 Å². The zero-order chi connectivity index (χ0) is 14.5. The maximum atomic E-state index is 13.0. The van der Waals surface area contributed by atoms with Crippen molar-refractivity contribution in [3.63, 3.8) is 0 Å². The topological polar surface area (TPSA) is 34.1 Å². The molecule has 1 unspecified atom stereocenters. The van der Waals surface area contributed by atoms with Crippen LogP contribution in [0.15, 0.2) is 36.5 Å². The van der Waals surface area contributed by atoms with Gasteiger partial charge in [-0.2, -0.15) is 0 Å². The Morgan fingerprint density at radius 1 is 1.35 bits per heavy atom. The van der Waals surface area contributed by atoms with Gasteiger partial charge >= 0.3 is 0 Å². The van der Waals surface area contributed by atoms with Gasteiger partial charge in [0.1, 0.15) is 5.82 Å². The molecule has 0 radical (unpaired) electrons. The van der Waals surface area contributed by atoms with Crippen molar-refractivity contribution < 1.29 is 9.13 Å². The Balaban J connectivity index is 2.08. The van der Waals surface area contributed by atoms with Crippen molar-refractivity contribution in [2.24, 2.45) is 0 Å². The lowest BCUT2D eigenvalue weighted by atomic mass is 10.1. The fraction of sp³-hybridized carbons (Fsp3) is 0.267. The first kappa shape index (κ1) is 14.6. The number of ether oxygens (including phenoxy) is 1. The van der Waals surface area contributed by atoms with E-state index >= 15 is 0 Å². The van der Waals surface area contributed by atoms with Crippen molar-refractivity contribution in [1.29, 1.82) is 0 Å². The van der Waals surface area contributed by atoms with Crippen molar-refractivity contribution in [2.45, 2.75) is 19.9 Å². The molecule has 0 bridgehead atoms. The number of anilines is 1. The number of nitrogens with one attached hydrogen (secondary N) is 1. The van der Waals surface area contributed by atoms with E-state index in [1.54, 1.807) is 18.3 Å². The van der Waals surface area contributed by atoms with E-state index < -0.39 is 0 Å². The van der Waals surface area contributed by atoms with Crippen LogP contribution in [-0.2, 0) is 0 Å². The second-order valence-corrected chi connectivity index (χ2v) is 4.76. The van der Waals surface area contributed by atoms with Crippen LogP contribution in [0, 0.1) is 5.82 Å². The van der Waals surface area contributed by atoms with Crippen molar-refractivity contribution in [2.75, 3.05) is 11.9 Å². The van der Waals surface area contributed by atoms with Gasteiger partial charge in [0.15, 0.2) is 0 Å². The number of aromatic nitrogens is 1. The molecule has 5 heteroatoms. The Morgan fingerprint density at radius 3 is 2.75 bits per heavy atom. The zero-order valence-electron chi connectivity index (χ0n) is 11.4. The maximum Gasteiger partial charge on any atom is 0.213 e. The van der Waals surface area contributed by atoms with Crippen molar-refractivity contribution in [3.8, 4) is 5.88 Å². The molecule has 0 aliphatic heterocycles. The first-order valence-corrected chi connectivity index (χ1v) is 6.78. The summed E-state index contributed by atoms with van der Waals surface area (Å²) < 4.78 is 18.3. The quantitative estimate of drug-likeness (QED) is 0.885. The van der Waals surface area contributed by atoms with Gasteiger partial charge in [-0.05, 0) is 37.6 Å². The number of nitrogens with zero attached hydrogens (tertiary/aromatic N) is 1. The highest BCUT2D eigenvalue weighted by atomic mass is 35.5. The minimum Gasteiger partial charge on any atom is -0.478 e. The van der Waals surface area contributed by atoms with Gasteiger partial charge in [-0.25, -0.2) is 9.37 Å². The molecule has 1 atom stereocenters. The molecule has 0 fully saturated rings. The minimum absolute atomic E-state index is 0.0529. The van der Waals surface area contributed by atoms with E-state index in [-0.39, 0.29) is 11.9 Å². The lowest BCUT2D eigenvalue weighted by molar-refractivity contribution is 0.327. The molecule has 2 rings (SSSR count). The van der Waals surface area contributed by atoms with E-state index in [0.29, 0.717) is 17.5 Å². The van der Waals surface area contributed by atoms with Crippen molar-refractivity contribution in [3.05, 3.63) is 52.9 Å². The van der Waals surface area contributed by atoms with Gasteiger partial charge in [0.25, 0.3) is 0 Å². The molecule has 1 N–H and O–H groups in total. The lowest BCUT2D eigenvalue weighted by Gasteiger charge is -2.17. The molecule has 0 saturated carbocycles. The molecule has 1 heterocycles. The number of rotatable bonds is 5. The standard InChI is InChI=1S/C15H16ClFN2O/c1-3-20-15-7-5-12(9-18-15)19-10(2)13-6-4-11(17)8-14(13)16/h4-10,19H,3H2,1-2H3. The number of halogens is 2. The van der Waals surface area contributed by atoms with E-state index in [1.165, 1.54) is 12.1 Å². The Kier molecular flexibility index (Phi) is 4.79. The van der Waals surface area contributed by atoms with E-state index in [9.17, 15) is 4.39 Å². The average Bonchev–Trinajstić information content (AvgIpc) is 2.41. The summed E-state index contributed by atoms with van der Waals surface area (Å²) in [4.78, 5) is 4.17. The molecule has 0 aliphatic carbocycles. The third-order valence-electron chi connectivity index (χ3n) is 2.84. The third kappa shape index (κ3) is 3.61. The molecule has 106 valence electrons. The molecule has 1 aromatic heterocycles. The average molecular weight is 295 g/mol. The molecule has 1 aromatic carbocycles. The molecule has 0 aliphatic rings. The third-order valence-corrected chi connectivity index (χ3v) is 3.17. The summed E-state index contributed by atoms with van der Waals surface area (Å²) >= 11 is 6.04. The summed E-state index contributed by atoms with van der Waals surface area (Å²) in [6.07, 6.45) is 1.69. The highest BCUT2D eigenvalue weighted by molar-refractivity contribution is 6.31. The molecular weight excluding hydrogens is 279 g/mol. The molecule has 3 nitrogen and oxygen atoms in total. The van der Waals surface area contributed by atoms with Crippen LogP contribution in [0.2, 0.25) is 5.02 Å². The fourth-order valence-electron chi connectivity index (χ4n) is 1.88. The molecule has 0 amide bonds. The number of hydrogen-bond acceptors (Lipinski definition) is 3. The summed E-state index contributed by atoms with van der Waals surface area (Å²) in [5.74, 6) is 0.249. The predicted molar refractivity (Wildman–Crippen MR) is 78.9 cm³/mol. The Labute approximate surface area is 122 Å². The lowest BCUT2D eigenvalue weighted by Crippen LogP contribution is -2.07. The van der Waals surface area contributed by atoms with Crippen LogP contribution < -0.4 is 10.1 Å². The number of pyridine rings is 1. The summed E-state index contributed by atoms with van der Waals surface area (Å²) in [5, 5.41) is 3.67. The molecule has 0 saturated heterocycles. The van der Waals surface area contributed by atoms with Gasteiger partial charge in [-0.1, -0.05) is 17.7 Å². The second kappa shape index (κ2) is 6.57. The molecule has 20 heavy (non-hydrogen) atoms. The van der Waals surface area contributed by atoms with Crippen LogP contribution in [0.3, 0.4) is 0 Å². The van der Waals surface area contributed by atoms with Gasteiger partial charge in [-0.15, -0.1) is 0 Å². The van der Waals surface area contributed by atoms with Crippen molar-refractivity contribution in [1.82, 2.24) is 4.98 Å². The highest BCUT2D eigenvalue weighted by Crippen LogP contribution is 2.26. The maximum absolute atomic E-state index is 13.0. The van der Waals surface area contributed by atoms with E-state index in [0.717, 1.165) is 11.3 Å². The molecule has 2 aromatic rings. The van der Waals surface area contributed by atoms with Crippen molar-refractivity contribution >= 4 is 17.3 Å². The summed E-state index contributed by atoms with van der Waals surface area (Å²) in [6.45, 7) is 4.45. The van der Waals surface area contributed by atoms with Gasteiger partial charge in [0.05, 0.1) is 24.5 Å². The largest absolute Gasteiger partial charge is 0.478 e. The normalized spacial score (nSPS) is 12.0. The van der Waals surface area contributed by atoms with Gasteiger partial charge in [-0.3, -0.25) is 0 Å². The molecular formula is C15H16ClFN2O. The van der Waals surface area contributed by atoms with E-state index in [1.807, 2.05) is 19.9 Å². The Morgan fingerprint density at radius 2 is 2.15 bits per heavy atom. The summed E-state index contributed by atoms with van der Waals surface area (Å²) in [7, 11) is 0. The van der Waals surface area contributed by atoms with Crippen LogP contribution in [0.1, 0.15) is 25.5 Å². The minimum atomic E-state index is -0.339. The Bertz CT molecular complexity index is 575. The van der Waals surface area contributed by atoms with Crippen LogP contribution in [0.4, 0.5) is 10.1 Å². The van der Waals surface area contributed by atoms with Gasteiger partial charge in [0, 0.05) is 11.1 Å². The van der Waals surface area contributed by atoms with Crippen LogP contribution in [0.5, 0.6) is 5.88 Å². The highest BCUT2D eigenvalue weighted by Gasteiger charge is 2.10. The SMILES string of the molecule is CCOc1ccc(NC(C)c2ccc(F)cc2Cl)cn1. The number of benzene rings is 1. The fourth-order valence-corrected chi connectivity index (χ4v) is 2.21. The second-order valence-electron chi connectivity index (χ2n) is 4.35. The van der Waals surface area contributed by atoms with Gasteiger partial charge in [0.2, 0.25) is 5.88 Å². The van der Waals surface area contributed by atoms with Gasteiger partial charge < -0.3 is 10.1 Å². The van der Waals surface area contributed by atoms with Crippen LogP contribution in [-0.4, -0.2) is 11.6 Å². The van der Waals surface area contributed by atoms with E-state index in [4.69, 9.17) is 16.3 Å². The first-order chi connectivity index (χ1) is 9.60. The monoisotopic (exact) mass is 294 g/mol. The first-order valence-electron chi connectivity index (χ1n) is 6.40. The predicted octanol–water partition coefficient (Wildman–Crippen LogP) is 4.45. The van der Waals surface area contributed by atoms with Crippen LogP contribution >= 0.6 is 11.6 Å². The zero-order valence-corrected chi connectivity index (χ0v) is 12.1. The van der Waals surface area contributed by atoms with Crippen LogP contribution in [0.25, 0.3) is 0 Å². The summed E-state index contributed by atoms with van der Waals surface area (Å²) in [5.41, 5.74) is 1.68. The smallest absolute Gasteiger partial charge is 0.213 e. The Hall–Kier alpha value is -1.81. The summed E-state index contributed by atoms with van der Waals surface area (Å²) in [6, 6.07) is 8.01. The number of hydrogen-bond donors (Lipinski definition) is 1.